The van der Waals surface area contributed by atoms with E-state index < -0.39 is 0 Å². The molecule has 76 valence electrons. The second-order valence-corrected chi connectivity index (χ2v) is 3.79. The molecular weight excluding hydrogens is 175 g/mol. The minimum Gasteiger partial charge on any atom is -0.207 e. The molecule has 0 heterocycles. The third-order valence-corrected chi connectivity index (χ3v) is 2.39. The molecular formula is C13H17F. The molecule has 0 unspecified atom stereocenters. The number of hydrogen-bond donors (Lipinski definition) is 0. The highest BCUT2D eigenvalue weighted by atomic mass is 19.1. The third kappa shape index (κ3) is 1.87. The molecule has 1 aromatic carbocycles. The van der Waals surface area contributed by atoms with Crippen LogP contribution in [-0.4, -0.2) is 0 Å². The summed E-state index contributed by atoms with van der Waals surface area (Å²) in [5.74, 6) is -0.156. The number of fused-ring (bicyclic) bond motifs is 1. The van der Waals surface area contributed by atoms with E-state index in [9.17, 15) is 4.39 Å². The zero-order valence-corrected chi connectivity index (χ0v) is 9.26. The van der Waals surface area contributed by atoms with Crippen molar-refractivity contribution in [3.63, 3.8) is 0 Å². The molecule has 0 saturated carbocycles. The van der Waals surface area contributed by atoms with Gasteiger partial charge >= 0.3 is 0 Å². The molecule has 1 aliphatic rings. The van der Waals surface area contributed by atoms with Crippen molar-refractivity contribution in [3.8, 4) is 0 Å². The van der Waals surface area contributed by atoms with Crippen LogP contribution >= 0.6 is 0 Å². The van der Waals surface area contributed by atoms with Gasteiger partial charge in [-0.1, -0.05) is 45.9 Å². The van der Waals surface area contributed by atoms with Crippen molar-refractivity contribution in [3.05, 3.63) is 41.2 Å². The fourth-order valence-electron chi connectivity index (χ4n) is 1.65. The molecule has 0 radical (unpaired) electrons. The van der Waals surface area contributed by atoms with Crippen molar-refractivity contribution in [2.24, 2.45) is 0 Å². The molecule has 1 aromatic rings. The smallest absolute Gasteiger partial charge is 0.123 e. The summed E-state index contributed by atoms with van der Waals surface area (Å²) in [7, 11) is 0. The highest BCUT2D eigenvalue weighted by molar-refractivity contribution is 5.64. The van der Waals surface area contributed by atoms with Gasteiger partial charge in [-0.05, 0) is 23.3 Å². The van der Waals surface area contributed by atoms with Crippen molar-refractivity contribution in [2.45, 2.75) is 33.1 Å². The van der Waals surface area contributed by atoms with E-state index in [-0.39, 0.29) is 11.2 Å². The number of rotatable bonds is 0. The summed E-state index contributed by atoms with van der Waals surface area (Å²) in [6, 6.07) is 4.97. The topological polar surface area (TPSA) is 0 Å². The summed E-state index contributed by atoms with van der Waals surface area (Å²) in [4.78, 5) is 0. The first-order valence-electron chi connectivity index (χ1n) is 5.09. The quantitative estimate of drug-likeness (QED) is 0.579. The molecule has 0 amide bonds. The SMILES string of the molecule is CC.CC1(C)C=Cc2cc(F)ccc21. The van der Waals surface area contributed by atoms with E-state index in [0.717, 1.165) is 5.56 Å². The Labute approximate surface area is 85.5 Å². The first-order chi connectivity index (χ1) is 6.59. The predicted octanol–water partition coefficient (Wildman–Crippen LogP) is 4.16. The maximum Gasteiger partial charge on any atom is 0.123 e. The van der Waals surface area contributed by atoms with E-state index in [1.807, 2.05) is 26.0 Å². The molecule has 0 bridgehead atoms. The molecule has 0 atom stereocenters. The van der Waals surface area contributed by atoms with Crippen LogP contribution in [0.15, 0.2) is 24.3 Å². The summed E-state index contributed by atoms with van der Waals surface area (Å²) in [5.41, 5.74) is 2.30. The lowest BCUT2D eigenvalue weighted by Gasteiger charge is -2.17. The van der Waals surface area contributed by atoms with E-state index in [0.29, 0.717) is 0 Å². The highest BCUT2D eigenvalue weighted by Gasteiger charge is 2.24. The molecule has 1 heteroatoms. The first kappa shape index (κ1) is 11.0. The Morgan fingerprint density at radius 2 is 1.79 bits per heavy atom. The lowest BCUT2D eigenvalue weighted by Crippen LogP contribution is -2.10. The van der Waals surface area contributed by atoms with Crippen LogP contribution in [0.3, 0.4) is 0 Å². The maximum absolute atomic E-state index is 12.8. The number of allylic oxidation sites excluding steroid dienone is 1. The fourth-order valence-corrected chi connectivity index (χ4v) is 1.65. The van der Waals surface area contributed by atoms with Crippen LogP contribution in [0.4, 0.5) is 4.39 Å². The van der Waals surface area contributed by atoms with Gasteiger partial charge in [-0.3, -0.25) is 0 Å². The molecule has 14 heavy (non-hydrogen) atoms. The van der Waals surface area contributed by atoms with Gasteiger partial charge in [0.25, 0.3) is 0 Å². The van der Waals surface area contributed by atoms with Crippen LogP contribution in [0.1, 0.15) is 38.8 Å². The molecule has 0 N–H and O–H groups in total. The van der Waals surface area contributed by atoms with E-state index in [2.05, 4.69) is 19.9 Å². The average Bonchev–Trinajstić information content (AvgIpc) is 2.45. The molecule has 0 saturated heterocycles. The van der Waals surface area contributed by atoms with Gasteiger partial charge < -0.3 is 0 Å². The Kier molecular flexibility index (Phi) is 3.10. The van der Waals surface area contributed by atoms with Crippen LogP contribution < -0.4 is 0 Å². The van der Waals surface area contributed by atoms with Gasteiger partial charge in [-0.2, -0.15) is 0 Å². The second kappa shape index (κ2) is 3.95. The van der Waals surface area contributed by atoms with E-state index in [4.69, 9.17) is 0 Å². The molecule has 0 aromatic heterocycles. The first-order valence-corrected chi connectivity index (χ1v) is 5.09. The summed E-state index contributed by atoms with van der Waals surface area (Å²) in [6.45, 7) is 8.26. The third-order valence-electron chi connectivity index (χ3n) is 2.39. The van der Waals surface area contributed by atoms with Crippen molar-refractivity contribution in [2.75, 3.05) is 0 Å². The number of benzene rings is 1. The Balaban J connectivity index is 0.000000461. The number of halogens is 1. The van der Waals surface area contributed by atoms with Crippen molar-refractivity contribution in [1.82, 2.24) is 0 Å². The Morgan fingerprint density at radius 1 is 1.14 bits per heavy atom. The monoisotopic (exact) mass is 192 g/mol. The average molecular weight is 192 g/mol. The predicted molar refractivity (Wildman–Crippen MR) is 59.8 cm³/mol. The minimum absolute atomic E-state index is 0.0725. The maximum atomic E-state index is 12.8. The van der Waals surface area contributed by atoms with Crippen LogP contribution in [-0.2, 0) is 5.41 Å². The summed E-state index contributed by atoms with van der Waals surface area (Å²) in [5, 5.41) is 0. The Bertz CT molecular complexity index is 348. The van der Waals surface area contributed by atoms with Crippen LogP contribution in [0.2, 0.25) is 0 Å². The van der Waals surface area contributed by atoms with Crippen LogP contribution in [0, 0.1) is 5.82 Å². The number of hydrogen-bond acceptors (Lipinski definition) is 0. The minimum atomic E-state index is -0.156. The normalized spacial score (nSPS) is 15.8. The molecule has 1 aliphatic carbocycles. The van der Waals surface area contributed by atoms with Crippen molar-refractivity contribution < 1.29 is 4.39 Å². The zero-order chi connectivity index (χ0) is 10.8. The van der Waals surface area contributed by atoms with Gasteiger partial charge in [0.2, 0.25) is 0 Å². The zero-order valence-electron chi connectivity index (χ0n) is 9.26. The van der Waals surface area contributed by atoms with Gasteiger partial charge in [-0.15, -0.1) is 0 Å². The molecule has 0 aliphatic heterocycles. The lowest BCUT2D eigenvalue weighted by atomic mass is 9.87. The van der Waals surface area contributed by atoms with Gasteiger partial charge in [0.15, 0.2) is 0 Å². The van der Waals surface area contributed by atoms with E-state index in [1.165, 1.54) is 11.6 Å². The lowest BCUT2D eigenvalue weighted by molar-refractivity contribution is 0.622. The van der Waals surface area contributed by atoms with Gasteiger partial charge in [-0.25, -0.2) is 4.39 Å². The van der Waals surface area contributed by atoms with E-state index in [1.54, 1.807) is 6.07 Å². The Morgan fingerprint density at radius 3 is 2.43 bits per heavy atom. The molecule has 0 fully saturated rings. The van der Waals surface area contributed by atoms with Crippen molar-refractivity contribution in [1.29, 1.82) is 0 Å². The van der Waals surface area contributed by atoms with E-state index >= 15 is 0 Å². The highest BCUT2D eigenvalue weighted by Crippen LogP contribution is 2.35. The van der Waals surface area contributed by atoms with Crippen molar-refractivity contribution >= 4 is 6.08 Å². The summed E-state index contributed by atoms with van der Waals surface area (Å²) >= 11 is 0. The summed E-state index contributed by atoms with van der Waals surface area (Å²) < 4.78 is 12.8. The largest absolute Gasteiger partial charge is 0.207 e. The van der Waals surface area contributed by atoms with Gasteiger partial charge in [0, 0.05) is 5.41 Å². The summed E-state index contributed by atoms with van der Waals surface area (Å²) in [6.07, 6.45) is 4.09. The van der Waals surface area contributed by atoms with Crippen LogP contribution in [0.5, 0.6) is 0 Å². The Hall–Kier alpha value is -1.11. The molecule has 0 nitrogen and oxygen atoms in total. The molecule has 0 spiro atoms. The van der Waals surface area contributed by atoms with Gasteiger partial charge in [0.05, 0.1) is 0 Å². The second-order valence-electron chi connectivity index (χ2n) is 3.79. The van der Waals surface area contributed by atoms with Crippen LogP contribution in [0.25, 0.3) is 6.08 Å². The molecule has 2 rings (SSSR count). The standard InChI is InChI=1S/C11H11F.C2H6/c1-11(2)6-5-8-7-9(12)3-4-10(8)11;1-2/h3-7H,1-2H3;1-2H3. The van der Waals surface area contributed by atoms with Gasteiger partial charge in [0.1, 0.15) is 5.82 Å². The fraction of sp³-hybridized carbons (Fsp3) is 0.385.